The Labute approximate surface area is 78.2 Å². The summed E-state index contributed by atoms with van der Waals surface area (Å²) in [6.45, 7) is 1.89. The predicted molar refractivity (Wildman–Crippen MR) is 52.5 cm³/mol. The molecule has 2 saturated heterocycles. The lowest BCUT2D eigenvalue weighted by molar-refractivity contribution is 0.0723. The largest absolute Gasteiger partial charge is 0.381 e. The molecule has 2 aliphatic heterocycles. The summed E-state index contributed by atoms with van der Waals surface area (Å²) >= 11 is 2.13. The van der Waals surface area contributed by atoms with E-state index in [-0.39, 0.29) is 0 Å². The van der Waals surface area contributed by atoms with E-state index in [9.17, 15) is 0 Å². The number of ether oxygens (including phenoxy) is 1. The highest BCUT2D eigenvalue weighted by Crippen LogP contribution is 2.43. The molecule has 0 saturated carbocycles. The molecule has 3 heteroatoms. The standard InChI is InChI=1S/C9H17NOS/c10-8-1-6-12-9(7-8)2-4-11-5-3-9/h8H,1-7,10H2. The second-order valence-corrected chi connectivity index (χ2v) is 5.46. The number of nitrogens with two attached hydrogens (primary N) is 1. The van der Waals surface area contributed by atoms with Gasteiger partial charge in [-0.3, -0.25) is 0 Å². The van der Waals surface area contributed by atoms with E-state index in [1.807, 2.05) is 0 Å². The Bertz CT molecular complexity index is 151. The number of hydrogen-bond donors (Lipinski definition) is 1. The maximum atomic E-state index is 5.99. The van der Waals surface area contributed by atoms with E-state index in [0.29, 0.717) is 10.8 Å². The highest BCUT2D eigenvalue weighted by Gasteiger charge is 2.37. The second kappa shape index (κ2) is 3.56. The Balaban J connectivity index is 1.97. The molecular formula is C9H17NOS. The lowest BCUT2D eigenvalue weighted by atomic mass is 9.90. The zero-order valence-corrected chi connectivity index (χ0v) is 8.24. The molecule has 2 aliphatic rings. The van der Waals surface area contributed by atoms with E-state index >= 15 is 0 Å². The van der Waals surface area contributed by atoms with Crippen molar-refractivity contribution in [3.63, 3.8) is 0 Å². The van der Waals surface area contributed by atoms with Crippen LogP contribution in [0.3, 0.4) is 0 Å². The van der Waals surface area contributed by atoms with Gasteiger partial charge in [-0.25, -0.2) is 0 Å². The number of hydrogen-bond acceptors (Lipinski definition) is 3. The third-order valence-corrected chi connectivity index (χ3v) is 4.56. The summed E-state index contributed by atoms with van der Waals surface area (Å²) in [6.07, 6.45) is 4.84. The first kappa shape index (κ1) is 8.85. The molecule has 1 spiro atoms. The second-order valence-electron chi connectivity index (χ2n) is 3.90. The van der Waals surface area contributed by atoms with Gasteiger partial charge in [-0.2, -0.15) is 11.8 Å². The van der Waals surface area contributed by atoms with Crippen LogP contribution in [0.2, 0.25) is 0 Å². The van der Waals surface area contributed by atoms with Crippen LogP contribution in [0, 0.1) is 0 Å². The molecule has 0 aromatic rings. The molecule has 70 valence electrons. The Morgan fingerprint density at radius 2 is 2.08 bits per heavy atom. The van der Waals surface area contributed by atoms with Crippen LogP contribution in [0.15, 0.2) is 0 Å². The maximum Gasteiger partial charge on any atom is 0.0479 e. The quantitative estimate of drug-likeness (QED) is 0.622. The van der Waals surface area contributed by atoms with Crippen LogP contribution in [0.4, 0.5) is 0 Å². The first-order chi connectivity index (χ1) is 5.81. The van der Waals surface area contributed by atoms with Gasteiger partial charge in [-0.1, -0.05) is 0 Å². The Morgan fingerprint density at radius 1 is 1.33 bits per heavy atom. The smallest absolute Gasteiger partial charge is 0.0479 e. The van der Waals surface area contributed by atoms with Crippen molar-refractivity contribution in [1.82, 2.24) is 0 Å². The molecule has 0 aromatic heterocycles. The number of rotatable bonds is 0. The van der Waals surface area contributed by atoms with Crippen molar-refractivity contribution in [3.8, 4) is 0 Å². The van der Waals surface area contributed by atoms with Crippen molar-refractivity contribution in [2.24, 2.45) is 5.73 Å². The molecule has 12 heavy (non-hydrogen) atoms. The summed E-state index contributed by atoms with van der Waals surface area (Å²) in [6, 6.07) is 0.448. The summed E-state index contributed by atoms with van der Waals surface area (Å²) in [7, 11) is 0. The van der Waals surface area contributed by atoms with Gasteiger partial charge in [0.15, 0.2) is 0 Å². The summed E-state index contributed by atoms with van der Waals surface area (Å²) < 4.78 is 5.87. The molecule has 2 nitrogen and oxygen atoms in total. The lowest BCUT2D eigenvalue weighted by Crippen LogP contribution is -2.43. The van der Waals surface area contributed by atoms with Crippen LogP contribution in [-0.2, 0) is 4.74 Å². The van der Waals surface area contributed by atoms with Crippen LogP contribution in [0.5, 0.6) is 0 Å². The highest BCUT2D eigenvalue weighted by atomic mass is 32.2. The van der Waals surface area contributed by atoms with Gasteiger partial charge in [0.1, 0.15) is 0 Å². The van der Waals surface area contributed by atoms with E-state index in [1.54, 1.807) is 0 Å². The third kappa shape index (κ3) is 1.78. The monoisotopic (exact) mass is 187 g/mol. The third-order valence-electron chi connectivity index (χ3n) is 2.94. The minimum Gasteiger partial charge on any atom is -0.381 e. The van der Waals surface area contributed by atoms with Gasteiger partial charge in [0.25, 0.3) is 0 Å². The lowest BCUT2D eigenvalue weighted by Gasteiger charge is -2.41. The van der Waals surface area contributed by atoms with E-state index < -0.39 is 0 Å². The summed E-state index contributed by atoms with van der Waals surface area (Å²) in [5.41, 5.74) is 5.99. The average Bonchev–Trinajstić information content (AvgIpc) is 2.05. The van der Waals surface area contributed by atoms with Crippen LogP contribution in [0.1, 0.15) is 25.7 Å². The molecule has 0 aliphatic carbocycles. The van der Waals surface area contributed by atoms with Crippen molar-refractivity contribution >= 4 is 11.8 Å². The minimum absolute atomic E-state index is 0.448. The Hall–Kier alpha value is 0.270. The highest BCUT2D eigenvalue weighted by molar-refractivity contribution is 8.00. The average molecular weight is 187 g/mol. The van der Waals surface area contributed by atoms with Gasteiger partial charge in [-0.15, -0.1) is 0 Å². The molecule has 0 bridgehead atoms. The first-order valence-corrected chi connectivity index (χ1v) is 5.77. The van der Waals surface area contributed by atoms with Gasteiger partial charge in [0.2, 0.25) is 0 Å². The fourth-order valence-corrected chi connectivity index (χ4v) is 3.80. The van der Waals surface area contributed by atoms with Crippen molar-refractivity contribution in [3.05, 3.63) is 0 Å². The van der Waals surface area contributed by atoms with E-state index in [2.05, 4.69) is 11.8 Å². The summed E-state index contributed by atoms with van der Waals surface area (Å²) in [5.74, 6) is 1.25. The number of thioether (sulfide) groups is 1. The van der Waals surface area contributed by atoms with Crippen molar-refractivity contribution in [2.75, 3.05) is 19.0 Å². The molecule has 2 heterocycles. The van der Waals surface area contributed by atoms with E-state index in [4.69, 9.17) is 10.5 Å². The fourth-order valence-electron chi connectivity index (χ4n) is 2.16. The maximum absolute atomic E-state index is 5.99. The molecule has 0 aromatic carbocycles. The topological polar surface area (TPSA) is 35.2 Å². The van der Waals surface area contributed by atoms with Crippen molar-refractivity contribution in [2.45, 2.75) is 36.5 Å². The summed E-state index contributed by atoms with van der Waals surface area (Å²) in [5, 5.41) is 0. The van der Waals surface area contributed by atoms with E-state index in [1.165, 1.54) is 31.4 Å². The van der Waals surface area contributed by atoms with Crippen LogP contribution in [0.25, 0.3) is 0 Å². The van der Waals surface area contributed by atoms with Gasteiger partial charge in [-0.05, 0) is 31.4 Å². The molecule has 2 fully saturated rings. The van der Waals surface area contributed by atoms with Gasteiger partial charge < -0.3 is 10.5 Å². The van der Waals surface area contributed by atoms with Crippen molar-refractivity contribution in [1.29, 1.82) is 0 Å². The van der Waals surface area contributed by atoms with Crippen LogP contribution in [-0.4, -0.2) is 29.8 Å². The zero-order valence-electron chi connectivity index (χ0n) is 7.42. The normalized spacial score (nSPS) is 35.2. The summed E-state index contributed by atoms with van der Waals surface area (Å²) in [4.78, 5) is 0. The van der Waals surface area contributed by atoms with Crippen molar-refractivity contribution < 1.29 is 4.74 Å². The van der Waals surface area contributed by atoms with Crippen LogP contribution < -0.4 is 5.73 Å². The minimum atomic E-state index is 0.448. The first-order valence-electron chi connectivity index (χ1n) is 4.78. The van der Waals surface area contributed by atoms with E-state index in [0.717, 1.165) is 13.2 Å². The Kier molecular flexibility index (Phi) is 2.63. The van der Waals surface area contributed by atoms with Crippen LogP contribution >= 0.6 is 11.8 Å². The Morgan fingerprint density at radius 3 is 2.75 bits per heavy atom. The zero-order chi connectivity index (χ0) is 8.44. The molecule has 1 atom stereocenters. The van der Waals surface area contributed by atoms with Gasteiger partial charge >= 0.3 is 0 Å². The molecule has 2 N–H and O–H groups in total. The van der Waals surface area contributed by atoms with Gasteiger partial charge in [0, 0.05) is 24.0 Å². The molecule has 0 amide bonds. The van der Waals surface area contributed by atoms with Gasteiger partial charge in [0.05, 0.1) is 0 Å². The molecule has 1 unspecified atom stereocenters. The molecule has 2 rings (SSSR count). The predicted octanol–water partition coefficient (Wildman–Crippen LogP) is 1.39. The SMILES string of the molecule is NC1CCSC2(CCOCC2)C1. The fraction of sp³-hybridized carbons (Fsp3) is 1.00. The molecular weight excluding hydrogens is 170 g/mol. The molecule has 0 radical (unpaired) electrons.